The molecule has 6 nitrogen and oxygen atoms in total. The van der Waals surface area contributed by atoms with E-state index >= 15 is 0 Å². The minimum atomic E-state index is -0.135. The first-order valence-electron chi connectivity index (χ1n) is 8.69. The maximum Gasteiger partial charge on any atom is 0.255 e. The van der Waals surface area contributed by atoms with Crippen LogP contribution in [0.4, 0.5) is 5.69 Å². The number of thioether (sulfide) groups is 1. The largest absolute Gasteiger partial charge is 0.322 e. The summed E-state index contributed by atoms with van der Waals surface area (Å²) in [5.74, 6) is -0.135. The molecule has 1 heterocycles. The van der Waals surface area contributed by atoms with Crippen LogP contribution in [-0.4, -0.2) is 31.4 Å². The summed E-state index contributed by atoms with van der Waals surface area (Å²) in [4.78, 5) is 13.7. The molecule has 7 heteroatoms. The van der Waals surface area contributed by atoms with Crippen molar-refractivity contribution < 1.29 is 4.79 Å². The molecule has 0 saturated heterocycles. The Morgan fingerprint density at radius 1 is 1.04 bits per heavy atom. The van der Waals surface area contributed by atoms with Crippen LogP contribution >= 0.6 is 11.8 Å². The Labute approximate surface area is 156 Å². The van der Waals surface area contributed by atoms with Crippen molar-refractivity contribution in [1.82, 2.24) is 20.2 Å². The first-order valence-corrected chi connectivity index (χ1v) is 9.57. The van der Waals surface area contributed by atoms with Crippen LogP contribution in [0.15, 0.2) is 59.8 Å². The van der Waals surface area contributed by atoms with Crippen molar-refractivity contribution in [2.75, 3.05) is 5.32 Å². The molecule has 4 rings (SSSR count). The Morgan fingerprint density at radius 2 is 1.77 bits per heavy atom. The van der Waals surface area contributed by atoms with E-state index in [1.165, 1.54) is 36.9 Å². The van der Waals surface area contributed by atoms with E-state index in [0.717, 1.165) is 16.6 Å². The van der Waals surface area contributed by atoms with Crippen LogP contribution in [-0.2, 0) is 0 Å². The van der Waals surface area contributed by atoms with Crippen LogP contribution in [0.5, 0.6) is 0 Å². The summed E-state index contributed by atoms with van der Waals surface area (Å²) in [6.07, 6.45) is 6.82. The number of hydrogen-bond acceptors (Lipinski definition) is 5. The van der Waals surface area contributed by atoms with Gasteiger partial charge in [-0.15, -0.1) is 16.9 Å². The SMILES string of the molecule is O=C(Nc1ccc(SC2CCCC2)cc1)c1ccc(-n2cnnn2)cc1. The van der Waals surface area contributed by atoms with Crippen LogP contribution in [0.3, 0.4) is 0 Å². The van der Waals surface area contributed by atoms with Gasteiger partial charge in [0.15, 0.2) is 0 Å². The van der Waals surface area contributed by atoms with Crippen molar-refractivity contribution in [3.63, 3.8) is 0 Å². The van der Waals surface area contributed by atoms with Crippen molar-refractivity contribution in [3.8, 4) is 5.69 Å². The fraction of sp³-hybridized carbons (Fsp3) is 0.263. The van der Waals surface area contributed by atoms with E-state index in [1.54, 1.807) is 16.8 Å². The van der Waals surface area contributed by atoms with Crippen molar-refractivity contribution in [2.45, 2.75) is 35.8 Å². The molecule has 1 aliphatic rings. The Kier molecular flexibility index (Phi) is 4.97. The summed E-state index contributed by atoms with van der Waals surface area (Å²) in [6.45, 7) is 0. The minimum Gasteiger partial charge on any atom is -0.322 e. The Balaban J connectivity index is 1.38. The van der Waals surface area contributed by atoms with E-state index in [4.69, 9.17) is 0 Å². The van der Waals surface area contributed by atoms with Crippen molar-refractivity contribution in [3.05, 3.63) is 60.4 Å². The van der Waals surface area contributed by atoms with E-state index in [9.17, 15) is 4.79 Å². The smallest absolute Gasteiger partial charge is 0.255 e. The second-order valence-electron chi connectivity index (χ2n) is 6.30. The monoisotopic (exact) mass is 365 g/mol. The van der Waals surface area contributed by atoms with Crippen molar-refractivity contribution >= 4 is 23.4 Å². The van der Waals surface area contributed by atoms with Gasteiger partial charge in [0.25, 0.3) is 5.91 Å². The van der Waals surface area contributed by atoms with Gasteiger partial charge in [-0.1, -0.05) is 12.8 Å². The molecule has 26 heavy (non-hydrogen) atoms. The molecular weight excluding hydrogens is 346 g/mol. The number of anilines is 1. The zero-order valence-corrected chi connectivity index (χ0v) is 15.0. The molecule has 1 amide bonds. The second kappa shape index (κ2) is 7.70. The molecule has 1 fully saturated rings. The molecule has 0 unspecified atom stereocenters. The van der Waals surface area contributed by atoms with Crippen LogP contribution in [0.1, 0.15) is 36.0 Å². The third-order valence-corrected chi connectivity index (χ3v) is 5.81. The Hall–Kier alpha value is -2.67. The first kappa shape index (κ1) is 16.8. The third-order valence-electron chi connectivity index (χ3n) is 4.46. The lowest BCUT2D eigenvalue weighted by Crippen LogP contribution is -2.11. The highest BCUT2D eigenvalue weighted by Crippen LogP contribution is 2.34. The van der Waals surface area contributed by atoms with E-state index in [0.29, 0.717) is 5.56 Å². The van der Waals surface area contributed by atoms with Gasteiger partial charge in [0, 0.05) is 21.4 Å². The topological polar surface area (TPSA) is 72.7 Å². The number of amides is 1. The molecule has 1 aromatic heterocycles. The zero-order chi connectivity index (χ0) is 17.8. The number of hydrogen-bond donors (Lipinski definition) is 1. The molecule has 1 aliphatic carbocycles. The van der Waals surface area contributed by atoms with Gasteiger partial charge in [0.05, 0.1) is 5.69 Å². The van der Waals surface area contributed by atoms with Gasteiger partial charge in [-0.3, -0.25) is 4.79 Å². The zero-order valence-electron chi connectivity index (χ0n) is 14.2. The lowest BCUT2D eigenvalue weighted by molar-refractivity contribution is 0.102. The summed E-state index contributed by atoms with van der Waals surface area (Å²) < 4.78 is 1.54. The predicted octanol–water partition coefficient (Wildman–Crippen LogP) is 3.95. The van der Waals surface area contributed by atoms with Gasteiger partial charge in [-0.05, 0) is 71.8 Å². The fourth-order valence-corrected chi connectivity index (χ4v) is 4.31. The highest BCUT2D eigenvalue weighted by Gasteiger charge is 2.16. The van der Waals surface area contributed by atoms with Crippen LogP contribution in [0.25, 0.3) is 5.69 Å². The molecule has 1 saturated carbocycles. The average molecular weight is 365 g/mol. The molecule has 1 N–H and O–H groups in total. The maximum atomic E-state index is 12.4. The van der Waals surface area contributed by atoms with E-state index in [1.807, 2.05) is 36.0 Å². The number of benzene rings is 2. The number of carbonyl (C=O) groups excluding carboxylic acids is 1. The van der Waals surface area contributed by atoms with E-state index < -0.39 is 0 Å². The number of rotatable bonds is 5. The number of carbonyl (C=O) groups is 1. The van der Waals surface area contributed by atoms with Crippen molar-refractivity contribution in [2.24, 2.45) is 0 Å². The van der Waals surface area contributed by atoms with E-state index in [-0.39, 0.29) is 5.91 Å². The maximum absolute atomic E-state index is 12.4. The number of aromatic nitrogens is 4. The van der Waals surface area contributed by atoms with Gasteiger partial charge in [0.1, 0.15) is 6.33 Å². The summed E-state index contributed by atoms with van der Waals surface area (Å²) in [5, 5.41) is 14.7. The van der Waals surface area contributed by atoms with E-state index in [2.05, 4.69) is 33.0 Å². The molecule has 0 bridgehead atoms. The summed E-state index contributed by atoms with van der Waals surface area (Å²) >= 11 is 1.94. The highest BCUT2D eigenvalue weighted by molar-refractivity contribution is 8.00. The van der Waals surface area contributed by atoms with Crippen molar-refractivity contribution in [1.29, 1.82) is 0 Å². The van der Waals surface area contributed by atoms with Gasteiger partial charge in [-0.25, -0.2) is 4.68 Å². The summed E-state index contributed by atoms with van der Waals surface area (Å²) in [5.41, 5.74) is 2.20. The first-order chi connectivity index (χ1) is 12.8. The molecule has 0 radical (unpaired) electrons. The summed E-state index contributed by atoms with van der Waals surface area (Å²) in [7, 11) is 0. The molecule has 3 aromatic rings. The number of tetrazole rings is 1. The number of nitrogens with one attached hydrogen (secondary N) is 1. The number of nitrogens with zero attached hydrogens (tertiary/aromatic N) is 4. The molecular formula is C19H19N5OS. The second-order valence-corrected chi connectivity index (χ2v) is 7.68. The van der Waals surface area contributed by atoms with Gasteiger partial charge < -0.3 is 5.32 Å². The fourth-order valence-electron chi connectivity index (χ4n) is 3.06. The van der Waals surface area contributed by atoms with Gasteiger partial charge >= 0.3 is 0 Å². The normalized spacial score (nSPS) is 14.5. The van der Waals surface area contributed by atoms with Gasteiger partial charge in [-0.2, -0.15) is 0 Å². The third kappa shape index (κ3) is 3.94. The predicted molar refractivity (Wildman–Crippen MR) is 102 cm³/mol. The lowest BCUT2D eigenvalue weighted by atomic mass is 10.2. The minimum absolute atomic E-state index is 0.135. The molecule has 132 valence electrons. The Bertz CT molecular complexity index is 856. The average Bonchev–Trinajstić information content (AvgIpc) is 3.37. The van der Waals surface area contributed by atoms with Crippen LogP contribution < -0.4 is 5.32 Å². The standard InChI is InChI=1S/C19H19N5OS/c25-19(14-5-9-16(10-6-14)24-13-20-22-23-24)21-15-7-11-18(12-8-15)26-17-3-1-2-4-17/h5-13,17H,1-4H2,(H,21,25). The summed E-state index contributed by atoms with van der Waals surface area (Å²) in [6, 6.07) is 15.2. The molecule has 0 spiro atoms. The van der Waals surface area contributed by atoms with Crippen LogP contribution in [0, 0.1) is 0 Å². The highest BCUT2D eigenvalue weighted by atomic mass is 32.2. The quantitative estimate of drug-likeness (QED) is 0.741. The Morgan fingerprint density at radius 3 is 2.42 bits per heavy atom. The molecule has 0 atom stereocenters. The molecule has 2 aromatic carbocycles. The lowest BCUT2D eigenvalue weighted by Gasteiger charge is -2.10. The molecule has 0 aliphatic heterocycles. The van der Waals surface area contributed by atoms with Gasteiger partial charge in [0.2, 0.25) is 0 Å². The van der Waals surface area contributed by atoms with Crippen LogP contribution in [0.2, 0.25) is 0 Å².